The summed E-state index contributed by atoms with van der Waals surface area (Å²) in [5, 5.41) is 24.3. The summed E-state index contributed by atoms with van der Waals surface area (Å²) in [4.78, 5) is 23.9. The molecule has 8 nitrogen and oxygen atoms in total. The van der Waals surface area contributed by atoms with E-state index in [-0.39, 0.29) is 18.7 Å². The number of aliphatic carboxylic acids is 1. The zero-order valence-corrected chi connectivity index (χ0v) is 19.3. The van der Waals surface area contributed by atoms with Crippen molar-refractivity contribution in [1.29, 1.82) is 0 Å². The molecule has 0 saturated heterocycles. The average Bonchev–Trinajstić information content (AvgIpc) is 3.45. The normalized spacial score (nSPS) is 11.1. The van der Waals surface area contributed by atoms with Gasteiger partial charge in [0, 0.05) is 17.5 Å². The van der Waals surface area contributed by atoms with Crippen molar-refractivity contribution < 1.29 is 19.8 Å². The highest BCUT2D eigenvalue weighted by Crippen LogP contribution is 2.30. The van der Waals surface area contributed by atoms with Crippen molar-refractivity contribution in [1.82, 2.24) is 18.5 Å². The molecule has 35 heavy (non-hydrogen) atoms. The number of carboxylic acid groups (broad SMARTS) is 2. The van der Waals surface area contributed by atoms with Crippen LogP contribution in [0.15, 0.2) is 72.8 Å². The van der Waals surface area contributed by atoms with E-state index in [1.54, 1.807) is 24.3 Å². The maximum absolute atomic E-state index is 12.5. The van der Waals surface area contributed by atoms with Crippen molar-refractivity contribution in [3.63, 3.8) is 0 Å². The van der Waals surface area contributed by atoms with Gasteiger partial charge in [-0.15, -0.1) is 0 Å². The van der Waals surface area contributed by atoms with Gasteiger partial charge in [0.1, 0.15) is 11.0 Å². The summed E-state index contributed by atoms with van der Waals surface area (Å²) in [5.74, 6) is -2.05. The van der Waals surface area contributed by atoms with Crippen LogP contribution in [0.1, 0.15) is 32.7 Å². The molecule has 2 heterocycles. The molecule has 0 saturated carbocycles. The standard InChI is InChI=1S/C26H20N4O4S/c31-23(32)14-18-8-4-5-9-19(18)15-30-25(26(33)34)20(24(27-30)17-6-2-1-3-7-17)12-16-10-11-21-22(13-16)29-35-28-21/h1-11,13H,12,14-15H2,(H,31,32)(H,33,34). The number of aromatic nitrogens is 4. The van der Waals surface area contributed by atoms with E-state index in [4.69, 9.17) is 5.10 Å². The lowest BCUT2D eigenvalue weighted by Gasteiger charge is -2.10. The molecule has 0 aliphatic carbocycles. The summed E-state index contributed by atoms with van der Waals surface area (Å²) in [5.41, 5.74) is 5.83. The van der Waals surface area contributed by atoms with E-state index < -0.39 is 11.9 Å². The largest absolute Gasteiger partial charge is 0.481 e. The molecule has 0 atom stereocenters. The van der Waals surface area contributed by atoms with Gasteiger partial charge in [-0.1, -0.05) is 60.7 Å². The number of hydrogen-bond acceptors (Lipinski definition) is 6. The number of aromatic carboxylic acids is 1. The molecule has 0 aliphatic rings. The number of carbonyl (C=O) groups is 2. The molecule has 3 aromatic carbocycles. The van der Waals surface area contributed by atoms with Gasteiger partial charge in [-0.05, 0) is 28.8 Å². The molecule has 2 aromatic heterocycles. The minimum Gasteiger partial charge on any atom is -0.481 e. The Kier molecular flexibility index (Phi) is 6.07. The second kappa shape index (κ2) is 9.47. The maximum atomic E-state index is 12.5. The Bertz CT molecular complexity index is 1540. The van der Waals surface area contributed by atoms with Gasteiger partial charge in [-0.3, -0.25) is 9.48 Å². The first-order valence-corrected chi connectivity index (χ1v) is 11.6. The first-order valence-electron chi connectivity index (χ1n) is 10.9. The topological polar surface area (TPSA) is 118 Å². The molecule has 0 fully saturated rings. The fourth-order valence-corrected chi connectivity index (χ4v) is 4.72. The number of rotatable bonds is 8. The van der Waals surface area contributed by atoms with Gasteiger partial charge in [0.05, 0.1) is 30.4 Å². The lowest BCUT2D eigenvalue weighted by Crippen LogP contribution is -2.14. The molecule has 0 radical (unpaired) electrons. The van der Waals surface area contributed by atoms with Gasteiger partial charge < -0.3 is 10.2 Å². The van der Waals surface area contributed by atoms with Crippen LogP contribution in [-0.4, -0.2) is 40.7 Å². The predicted molar refractivity (Wildman–Crippen MR) is 132 cm³/mol. The van der Waals surface area contributed by atoms with Crippen LogP contribution >= 0.6 is 11.7 Å². The first-order chi connectivity index (χ1) is 17.0. The Balaban J connectivity index is 1.64. The highest BCUT2D eigenvalue weighted by atomic mass is 32.1. The Morgan fingerprint density at radius 1 is 0.857 bits per heavy atom. The van der Waals surface area contributed by atoms with E-state index in [1.165, 1.54) is 4.68 Å². The Labute approximate surface area is 204 Å². The van der Waals surface area contributed by atoms with Crippen molar-refractivity contribution in [3.05, 3.63) is 101 Å². The Morgan fingerprint density at radius 2 is 1.57 bits per heavy atom. The molecule has 0 spiro atoms. The zero-order chi connectivity index (χ0) is 24.4. The van der Waals surface area contributed by atoms with Crippen LogP contribution in [0.2, 0.25) is 0 Å². The summed E-state index contributed by atoms with van der Waals surface area (Å²) in [6.07, 6.45) is 0.191. The maximum Gasteiger partial charge on any atom is 0.354 e. The van der Waals surface area contributed by atoms with Crippen molar-refractivity contribution >= 4 is 34.7 Å². The van der Waals surface area contributed by atoms with E-state index in [0.717, 1.165) is 33.9 Å². The van der Waals surface area contributed by atoms with Crippen molar-refractivity contribution in [3.8, 4) is 11.3 Å². The van der Waals surface area contributed by atoms with E-state index in [1.807, 2.05) is 48.5 Å². The highest BCUT2D eigenvalue weighted by Gasteiger charge is 2.25. The van der Waals surface area contributed by atoms with E-state index >= 15 is 0 Å². The van der Waals surface area contributed by atoms with Crippen LogP contribution in [0.5, 0.6) is 0 Å². The van der Waals surface area contributed by atoms with E-state index in [9.17, 15) is 19.8 Å². The molecule has 0 bridgehead atoms. The molecular weight excluding hydrogens is 464 g/mol. The molecule has 174 valence electrons. The van der Waals surface area contributed by atoms with E-state index in [2.05, 4.69) is 8.75 Å². The third kappa shape index (κ3) is 4.67. The summed E-state index contributed by atoms with van der Waals surface area (Å²) < 4.78 is 10.00. The number of hydrogen-bond donors (Lipinski definition) is 2. The SMILES string of the molecule is O=C(O)Cc1ccccc1Cn1nc(-c2ccccc2)c(Cc2ccc3nsnc3c2)c1C(=O)O. The first kappa shape index (κ1) is 22.4. The third-order valence-corrected chi connectivity index (χ3v) is 6.34. The smallest absolute Gasteiger partial charge is 0.354 e. The second-order valence-electron chi connectivity index (χ2n) is 8.11. The van der Waals surface area contributed by atoms with Crippen molar-refractivity contribution in [2.75, 3.05) is 0 Å². The summed E-state index contributed by atoms with van der Waals surface area (Å²) in [6.45, 7) is 0.139. The lowest BCUT2D eigenvalue weighted by atomic mass is 9.98. The van der Waals surface area contributed by atoms with E-state index in [0.29, 0.717) is 28.8 Å². The van der Waals surface area contributed by atoms with Crippen LogP contribution in [0.3, 0.4) is 0 Å². The molecule has 5 aromatic rings. The molecule has 0 unspecified atom stereocenters. The van der Waals surface area contributed by atoms with Crippen LogP contribution in [0.25, 0.3) is 22.3 Å². The van der Waals surface area contributed by atoms with Crippen LogP contribution in [0.4, 0.5) is 0 Å². The highest BCUT2D eigenvalue weighted by molar-refractivity contribution is 7.00. The zero-order valence-electron chi connectivity index (χ0n) is 18.5. The average molecular weight is 485 g/mol. The number of benzene rings is 3. The van der Waals surface area contributed by atoms with Crippen molar-refractivity contribution in [2.45, 2.75) is 19.4 Å². The molecule has 0 aliphatic heterocycles. The van der Waals surface area contributed by atoms with Crippen LogP contribution < -0.4 is 0 Å². The van der Waals surface area contributed by atoms with Gasteiger partial charge in [0.15, 0.2) is 5.69 Å². The van der Waals surface area contributed by atoms with Gasteiger partial charge in [0.2, 0.25) is 0 Å². The number of fused-ring (bicyclic) bond motifs is 1. The molecule has 9 heteroatoms. The van der Waals surface area contributed by atoms with Gasteiger partial charge in [-0.25, -0.2) is 4.79 Å². The molecule has 2 N–H and O–H groups in total. The van der Waals surface area contributed by atoms with Gasteiger partial charge in [-0.2, -0.15) is 13.8 Å². The molecule has 5 rings (SSSR count). The fraction of sp³-hybridized carbons (Fsp3) is 0.115. The summed E-state index contributed by atoms with van der Waals surface area (Å²) in [7, 11) is 0. The Morgan fingerprint density at radius 3 is 2.31 bits per heavy atom. The molecule has 0 amide bonds. The molecular formula is C26H20N4O4S. The second-order valence-corrected chi connectivity index (χ2v) is 8.64. The Hall–Kier alpha value is -4.37. The van der Waals surface area contributed by atoms with Gasteiger partial charge >= 0.3 is 11.9 Å². The quantitative estimate of drug-likeness (QED) is 0.332. The van der Waals surface area contributed by atoms with Crippen molar-refractivity contribution in [2.24, 2.45) is 0 Å². The predicted octanol–water partition coefficient (Wildman–Crippen LogP) is 4.52. The minimum absolute atomic E-state index is 0.0745. The third-order valence-electron chi connectivity index (χ3n) is 5.78. The van der Waals surface area contributed by atoms with Gasteiger partial charge in [0.25, 0.3) is 0 Å². The summed E-state index contributed by atoms with van der Waals surface area (Å²) >= 11 is 1.13. The monoisotopic (exact) mass is 484 g/mol. The minimum atomic E-state index is -1.10. The number of carboxylic acids is 2. The number of nitrogens with zero attached hydrogens (tertiary/aromatic N) is 4. The van der Waals surface area contributed by atoms with Crippen LogP contribution in [0, 0.1) is 0 Å². The summed E-state index contributed by atoms with van der Waals surface area (Å²) in [6, 6.07) is 22.3. The fourth-order valence-electron chi connectivity index (χ4n) is 4.20. The lowest BCUT2D eigenvalue weighted by molar-refractivity contribution is -0.136. The van der Waals surface area contributed by atoms with Crippen LogP contribution in [-0.2, 0) is 24.2 Å².